The van der Waals surface area contributed by atoms with Crippen LogP contribution in [0.3, 0.4) is 0 Å². The first-order chi connectivity index (χ1) is 18.1. The molecule has 0 N–H and O–H groups in total. The Bertz CT molecular complexity index is 1470. The van der Waals surface area contributed by atoms with Gasteiger partial charge in [0.1, 0.15) is 5.75 Å². The van der Waals surface area contributed by atoms with E-state index in [4.69, 9.17) is 19.2 Å². The molecule has 0 saturated heterocycles. The Morgan fingerprint density at radius 2 is 1.78 bits per heavy atom. The van der Waals surface area contributed by atoms with Crippen LogP contribution < -0.4 is 19.8 Å². The third-order valence-electron chi connectivity index (χ3n) is 6.19. The lowest BCUT2D eigenvalue weighted by Gasteiger charge is -2.21. The van der Waals surface area contributed by atoms with E-state index in [1.54, 1.807) is 28.7 Å². The minimum Gasteiger partial charge on any atom is -0.497 e. The van der Waals surface area contributed by atoms with E-state index < -0.39 is 0 Å². The molecule has 5 rings (SSSR count). The highest BCUT2D eigenvalue weighted by Gasteiger charge is 2.21. The summed E-state index contributed by atoms with van der Waals surface area (Å²) in [6.07, 6.45) is 0. The zero-order valence-corrected chi connectivity index (χ0v) is 21.5. The number of nitrogens with zero attached hydrogens (tertiary/aromatic N) is 3. The molecule has 0 unspecified atom stereocenters. The highest BCUT2D eigenvalue weighted by Crippen LogP contribution is 2.35. The zero-order valence-electron chi connectivity index (χ0n) is 20.7. The third-order valence-corrected chi connectivity index (χ3v) is 7.15. The summed E-state index contributed by atoms with van der Waals surface area (Å²) in [4.78, 5) is 33.4. The normalized spacial score (nSPS) is 12.1. The maximum atomic E-state index is 13.6. The van der Waals surface area contributed by atoms with E-state index in [-0.39, 0.29) is 24.0 Å². The van der Waals surface area contributed by atoms with Crippen molar-refractivity contribution < 1.29 is 19.0 Å². The number of rotatable bonds is 9. The molecule has 1 aliphatic heterocycles. The summed E-state index contributed by atoms with van der Waals surface area (Å²) in [5.41, 5.74) is 2.29. The lowest BCUT2D eigenvalue weighted by atomic mass is 10.2. The molecule has 0 atom stereocenters. The van der Waals surface area contributed by atoms with Gasteiger partial charge in [-0.3, -0.25) is 14.2 Å². The van der Waals surface area contributed by atoms with Gasteiger partial charge in [0.15, 0.2) is 16.7 Å². The second-order valence-corrected chi connectivity index (χ2v) is 9.48. The summed E-state index contributed by atoms with van der Waals surface area (Å²) in [6, 6.07) is 20.8. The van der Waals surface area contributed by atoms with E-state index in [1.807, 2.05) is 61.5 Å². The van der Waals surface area contributed by atoms with Gasteiger partial charge in [0.25, 0.3) is 5.56 Å². The van der Waals surface area contributed by atoms with Crippen LogP contribution >= 0.6 is 11.8 Å². The maximum Gasteiger partial charge on any atom is 0.262 e. The average molecular weight is 518 g/mol. The van der Waals surface area contributed by atoms with Gasteiger partial charge in [0, 0.05) is 19.2 Å². The molecule has 0 bridgehead atoms. The van der Waals surface area contributed by atoms with Crippen LogP contribution in [-0.4, -0.2) is 46.6 Å². The molecule has 0 aliphatic carbocycles. The number of hydrogen-bond donors (Lipinski definition) is 0. The van der Waals surface area contributed by atoms with Crippen LogP contribution in [0.4, 0.5) is 0 Å². The molecular weight excluding hydrogens is 490 g/mol. The van der Waals surface area contributed by atoms with Crippen molar-refractivity contribution in [3.63, 3.8) is 0 Å². The van der Waals surface area contributed by atoms with Crippen molar-refractivity contribution in [2.24, 2.45) is 0 Å². The second-order valence-electron chi connectivity index (χ2n) is 8.54. The van der Waals surface area contributed by atoms with Crippen molar-refractivity contribution in [1.82, 2.24) is 14.5 Å². The van der Waals surface area contributed by atoms with Crippen molar-refractivity contribution in [3.8, 4) is 17.2 Å². The first kappa shape index (κ1) is 24.7. The van der Waals surface area contributed by atoms with Crippen LogP contribution in [0.2, 0.25) is 0 Å². The summed E-state index contributed by atoms with van der Waals surface area (Å²) in [5.74, 6) is 1.95. The Kier molecular flexibility index (Phi) is 7.32. The summed E-state index contributed by atoms with van der Waals surface area (Å²) in [6.45, 7) is 3.49. The first-order valence-corrected chi connectivity index (χ1v) is 13.0. The minimum atomic E-state index is -0.203. The number of carbonyl (C=O) groups excluding carboxylic acids is 1. The number of amides is 1. The van der Waals surface area contributed by atoms with Gasteiger partial charge in [-0.25, -0.2) is 4.98 Å². The van der Waals surface area contributed by atoms with Crippen LogP contribution in [-0.2, 0) is 17.9 Å². The topological polar surface area (TPSA) is 82.9 Å². The maximum absolute atomic E-state index is 13.6. The van der Waals surface area contributed by atoms with Gasteiger partial charge in [-0.1, -0.05) is 54.2 Å². The lowest BCUT2D eigenvalue weighted by molar-refractivity contribution is -0.128. The number of aromatic nitrogens is 2. The van der Waals surface area contributed by atoms with Gasteiger partial charge >= 0.3 is 0 Å². The molecule has 190 valence electrons. The number of carbonyl (C=O) groups is 1. The lowest BCUT2D eigenvalue weighted by Crippen LogP contribution is -2.32. The Hall–Kier alpha value is -3.98. The number of ether oxygens (including phenoxy) is 3. The smallest absolute Gasteiger partial charge is 0.262 e. The van der Waals surface area contributed by atoms with Crippen LogP contribution in [0.15, 0.2) is 76.7 Å². The van der Waals surface area contributed by atoms with Crippen LogP contribution in [0.1, 0.15) is 18.1 Å². The average Bonchev–Trinajstić information content (AvgIpc) is 3.39. The number of thioether (sulfide) groups is 1. The second kappa shape index (κ2) is 11.0. The Morgan fingerprint density at radius 3 is 2.49 bits per heavy atom. The number of hydrogen-bond acceptors (Lipinski definition) is 7. The molecule has 8 nitrogen and oxygen atoms in total. The molecule has 1 aliphatic rings. The fourth-order valence-electron chi connectivity index (χ4n) is 4.15. The van der Waals surface area contributed by atoms with Crippen molar-refractivity contribution in [2.45, 2.75) is 25.2 Å². The van der Waals surface area contributed by atoms with Crippen molar-refractivity contribution in [1.29, 1.82) is 0 Å². The highest BCUT2D eigenvalue weighted by molar-refractivity contribution is 7.99. The van der Waals surface area contributed by atoms with Crippen LogP contribution in [0, 0.1) is 0 Å². The summed E-state index contributed by atoms with van der Waals surface area (Å²) >= 11 is 1.26. The molecule has 9 heteroatoms. The van der Waals surface area contributed by atoms with E-state index in [0.717, 1.165) is 16.9 Å². The Labute approximate surface area is 218 Å². The standard InChI is InChI=1S/C28H27N3O5S/c1-3-30(15-19-7-5-4-6-8-19)26(32)17-37-28-29-23-14-25-24(35-18-36-25)13-22(23)27(33)31(28)16-20-9-11-21(34-2)12-10-20/h4-14H,3,15-18H2,1-2H3. The third kappa shape index (κ3) is 5.41. The van der Waals surface area contributed by atoms with Gasteiger partial charge in [0.2, 0.25) is 12.7 Å². The van der Waals surface area contributed by atoms with Gasteiger partial charge in [-0.15, -0.1) is 0 Å². The van der Waals surface area contributed by atoms with Gasteiger partial charge in [0.05, 0.1) is 30.3 Å². The first-order valence-electron chi connectivity index (χ1n) is 12.0. The Balaban J connectivity index is 1.45. The molecular formula is C28H27N3O5S. The molecule has 1 amide bonds. The van der Waals surface area contributed by atoms with Gasteiger partial charge < -0.3 is 19.1 Å². The fourth-order valence-corrected chi connectivity index (χ4v) is 5.05. The van der Waals surface area contributed by atoms with Crippen molar-refractivity contribution in [2.75, 3.05) is 26.2 Å². The molecule has 0 radical (unpaired) electrons. The number of fused-ring (bicyclic) bond motifs is 2. The number of benzene rings is 3. The van der Waals surface area contributed by atoms with Crippen LogP contribution in [0.5, 0.6) is 17.2 Å². The quantitative estimate of drug-likeness (QED) is 0.242. The zero-order chi connectivity index (χ0) is 25.8. The summed E-state index contributed by atoms with van der Waals surface area (Å²) in [7, 11) is 1.61. The number of methoxy groups -OCH3 is 1. The molecule has 0 saturated carbocycles. The van der Waals surface area contributed by atoms with E-state index in [0.29, 0.717) is 47.2 Å². The van der Waals surface area contributed by atoms with Crippen LogP contribution in [0.25, 0.3) is 10.9 Å². The highest BCUT2D eigenvalue weighted by atomic mass is 32.2. The van der Waals surface area contributed by atoms with E-state index in [1.165, 1.54) is 11.8 Å². The molecule has 1 aromatic heterocycles. The van der Waals surface area contributed by atoms with Crippen molar-refractivity contribution in [3.05, 3.63) is 88.2 Å². The Morgan fingerprint density at radius 1 is 1.05 bits per heavy atom. The predicted octanol–water partition coefficient (Wildman–Crippen LogP) is 4.32. The van der Waals surface area contributed by atoms with Crippen molar-refractivity contribution >= 4 is 28.6 Å². The van der Waals surface area contributed by atoms with E-state index >= 15 is 0 Å². The predicted molar refractivity (Wildman–Crippen MR) is 142 cm³/mol. The van der Waals surface area contributed by atoms with Gasteiger partial charge in [-0.2, -0.15) is 0 Å². The molecule has 4 aromatic rings. The van der Waals surface area contributed by atoms with Gasteiger partial charge in [-0.05, 0) is 36.2 Å². The molecule has 0 fully saturated rings. The molecule has 3 aromatic carbocycles. The molecule has 0 spiro atoms. The minimum absolute atomic E-state index is 0.0209. The largest absolute Gasteiger partial charge is 0.497 e. The molecule has 2 heterocycles. The summed E-state index contributed by atoms with van der Waals surface area (Å²) < 4.78 is 17.8. The summed E-state index contributed by atoms with van der Waals surface area (Å²) in [5, 5.41) is 0.906. The molecule has 37 heavy (non-hydrogen) atoms. The van der Waals surface area contributed by atoms with E-state index in [9.17, 15) is 9.59 Å². The SMILES string of the molecule is CCN(Cc1ccccc1)C(=O)CSc1nc2cc3c(cc2c(=O)n1Cc1ccc(OC)cc1)OCO3. The fraction of sp³-hybridized carbons (Fsp3) is 0.250. The van der Waals surface area contributed by atoms with E-state index in [2.05, 4.69) is 0 Å². The monoisotopic (exact) mass is 517 g/mol.